The number of ether oxygens (including phenoxy) is 4. The smallest absolute Gasteiger partial charge is 0.338 e. The molecule has 0 radical (unpaired) electrons. The normalized spacial score (nSPS) is 20.5. The van der Waals surface area contributed by atoms with Gasteiger partial charge in [0, 0.05) is 16.9 Å². The Morgan fingerprint density at radius 1 is 0.562 bits per heavy atom. The Morgan fingerprint density at radius 3 is 1.60 bits per heavy atom. The van der Waals surface area contributed by atoms with Crippen molar-refractivity contribution in [3.63, 3.8) is 0 Å². The number of hydrogen-bond acceptors (Lipinski definition) is 7. The molecule has 1 fully saturated rings. The second-order valence-corrected chi connectivity index (χ2v) is 12.7. The maximum absolute atomic E-state index is 13.7. The number of rotatable bonds is 14. The number of hydrogen-bond donors (Lipinski definition) is 0. The van der Waals surface area contributed by atoms with Crippen LogP contribution in [0, 0.1) is 0 Å². The van der Waals surface area contributed by atoms with Crippen LogP contribution in [-0.4, -0.2) is 41.6 Å². The first-order valence-corrected chi connectivity index (χ1v) is 17.0. The number of carbonyl (C=O) groups is 2. The molecule has 0 amide bonds. The summed E-state index contributed by atoms with van der Waals surface area (Å²) in [4.78, 5) is 27.9. The lowest BCUT2D eigenvalue weighted by atomic mass is 9.94. The summed E-state index contributed by atoms with van der Waals surface area (Å²) < 4.78 is 26.6. The highest BCUT2D eigenvalue weighted by molar-refractivity contribution is 7.99. The average Bonchev–Trinajstić information content (AvgIpc) is 3.15. The molecular formula is C41H38O6S. The minimum Gasteiger partial charge on any atom is -0.453 e. The van der Waals surface area contributed by atoms with Gasteiger partial charge in [0.05, 0.1) is 24.9 Å². The zero-order valence-electron chi connectivity index (χ0n) is 26.5. The van der Waals surface area contributed by atoms with Crippen LogP contribution in [0.4, 0.5) is 0 Å². The molecule has 1 aliphatic rings. The van der Waals surface area contributed by atoms with E-state index in [1.54, 1.807) is 24.3 Å². The van der Waals surface area contributed by atoms with Crippen molar-refractivity contribution in [1.82, 2.24) is 0 Å². The van der Waals surface area contributed by atoms with Crippen LogP contribution in [0.5, 0.6) is 0 Å². The standard InChI is InChI=1S/C41H38O6S/c42-35(32-20-10-3-11-21-32)26-27-36-37(47-40(43)33-22-12-4-13-23-33)38(44-28-30-16-6-1-7-17-30)39(45-29-31-18-8-2-9-19-31)41(46-36)48-34-24-14-5-15-25-34/h1-25,36-39,41H,26-29H2/t36-,37-,38+,39+,41-/m1/s1. The highest BCUT2D eigenvalue weighted by atomic mass is 32.2. The van der Waals surface area contributed by atoms with E-state index in [-0.39, 0.29) is 18.8 Å². The van der Waals surface area contributed by atoms with Crippen molar-refractivity contribution in [2.45, 2.75) is 60.8 Å². The number of Topliss-reactive ketones (excluding diaryl/α,β-unsaturated/α-hetero) is 1. The van der Waals surface area contributed by atoms with Crippen LogP contribution in [-0.2, 0) is 32.2 Å². The van der Waals surface area contributed by atoms with Crippen molar-refractivity contribution < 1.29 is 28.5 Å². The molecule has 0 aromatic heterocycles. The van der Waals surface area contributed by atoms with E-state index < -0.39 is 35.8 Å². The maximum atomic E-state index is 13.7. The van der Waals surface area contributed by atoms with Gasteiger partial charge in [0.15, 0.2) is 11.9 Å². The number of thioether (sulfide) groups is 1. The third-order valence-corrected chi connectivity index (χ3v) is 9.32. The van der Waals surface area contributed by atoms with Gasteiger partial charge in [-0.25, -0.2) is 4.79 Å². The van der Waals surface area contributed by atoms with Crippen LogP contribution in [0.1, 0.15) is 44.7 Å². The van der Waals surface area contributed by atoms with E-state index >= 15 is 0 Å². The van der Waals surface area contributed by atoms with Gasteiger partial charge in [-0.05, 0) is 41.8 Å². The fourth-order valence-corrected chi connectivity index (χ4v) is 6.84. The molecule has 0 saturated carbocycles. The summed E-state index contributed by atoms with van der Waals surface area (Å²) in [5, 5.41) is 0. The topological polar surface area (TPSA) is 71.1 Å². The van der Waals surface area contributed by atoms with Gasteiger partial charge in [0.25, 0.3) is 0 Å². The first-order chi connectivity index (χ1) is 23.6. The van der Waals surface area contributed by atoms with Gasteiger partial charge in [0.1, 0.15) is 17.6 Å². The van der Waals surface area contributed by atoms with Crippen molar-refractivity contribution >= 4 is 23.5 Å². The van der Waals surface area contributed by atoms with Gasteiger partial charge in [-0.3, -0.25) is 4.79 Å². The zero-order valence-corrected chi connectivity index (χ0v) is 27.3. The van der Waals surface area contributed by atoms with Gasteiger partial charge in [-0.1, -0.05) is 139 Å². The second kappa shape index (κ2) is 17.0. The number of benzene rings is 5. The lowest BCUT2D eigenvalue weighted by Gasteiger charge is -2.45. The van der Waals surface area contributed by atoms with Crippen molar-refractivity contribution in [3.8, 4) is 0 Å². The molecule has 48 heavy (non-hydrogen) atoms. The predicted octanol–water partition coefficient (Wildman–Crippen LogP) is 8.56. The Kier molecular flexibility index (Phi) is 11.8. The summed E-state index contributed by atoms with van der Waals surface area (Å²) in [6.45, 7) is 0.580. The zero-order chi connectivity index (χ0) is 33.0. The van der Waals surface area contributed by atoms with Gasteiger partial charge < -0.3 is 18.9 Å². The van der Waals surface area contributed by atoms with Gasteiger partial charge >= 0.3 is 5.97 Å². The third kappa shape index (κ3) is 9.08. The highest BCUT2D eigenvalue weighted by Crippen LogP contribution is 2.39. The highest BCUT2D eigenvalue weighted by Gasteiger charge is 2.50. The quantitative estimate of drug-likeness (QED) is 0.0875. The molecule has 1 saturated heterocycles. The molecule has 0 unspecified atom stereocenters. The molecule has 6 rings (SSSR count). The van der Waals surface area contributed by atoms with E-state index in [9.17, 15) is 9.59 Å². The number of ketones is 1. The molecule has 5 aromatic rings. The fraction of sp³-hybridized carbons (Fsp3) is 0.220. The van der Waals surface area contributed by atoms with E-state index in [2.05, 4.69) is 0 Å². The molecule has 0 N–H and O–H groups in total. The number of esters is 1. The summed E-state index contributed by atoms with van der Waals surface area (Å²) in [6, 6.07) is 47.9. The predicted molar refractivity (Wildman–Crippen MR) is 187 cm³/mol. The van der Waals surface area contributed by atoms with Crippen LogP contribution in [0.2, 0.25) is 0 Å². The summed E-state index contributed by atoms with van der Waals surface area (Å²) in [5.74, 6) is -0.503. The van der Waals surface area contributed by atoms with Gasteiger partial charge in [0.2, 0.25) is 0 Å². The van der Waals surface area contributed by atoms with Crippen LogP contribution < -0.4 is 0 Å². The Hall–Kier alpha value is -4.53. The average molecular weight is 659 g/mol. The first-order valence-electron chi connectivity index (χ1n) is 16.2. The summed E-state index contributed by atoms with van der Waals surface area (Å²) in [6.07, 6.45) is -2.33. The van der Waals surface area contributed by atoms with Crippen molar-refractivity contribution in [1.29, 1.82) is 0 Å². The molecule has 244 valence electrons. The minimum atomic E-state index is -0.863. The molecule has 6 nitrogen and oxygen atoms in total. The minimum absolute atomic E-state index is 0.0104. The van der Waals surface area contributed by atoms with E-state index in [4.69, 9.17) is 18.9 Å². The van der Waals surface area contributed by atoms with E-state index in [1.807, 2.05) is 127 Å². The molecule has 7 heteroatoms. The Morgan fingerprint density at radius 2 is 1.04 bits per heavy atom. The van der Waals surface area contributed by atoms with Crippen molar-refractivity contribution in [2.24, 2.45) is 0 Å². The van der Waals surface area contributed by atoms with Crippen LogP contribution in [0.15, 0.2) is 157 Å². The molecule has 0 bridgehead atoms. The monoisotopic (exact) mass is 658 g/mol. The second-order valence-electron chi connectivity index (χ2n) is 11.6. The Bertz CT molecular complexity index is 1700. The van der Waals surface area contributed by atoms with Crippen LogP contribution in [0.25, 0.3) is 0 Å². The molecule has 1 aliphatic heterocycles. The van der Waals surface area contributed by atoms with Crippen LogP contribution >= 0.6 is 11.8 Å². The third-order valence-electron chi connectivity index (χ3n) is 8.16. The summed E-state index contributed by atoms with van der Waals surface area (Å²) in [7, 11) is 0. The maximum Gasteiger partial charge on any atom is 0.338 e. The summed E-state index contributed by atoms with van der Waals surface area (Å²) in [5.41, 5.74) is 2.49. The van der Waals surface area contributed by atoms with E-state index in [1.165, 1.54) is 11.8 Å². The lowest BCUT2D eigenvalue weighted by Crippen LogP contribution is -2.59. The molecular weight excluding hydrogens is 621 g/mol. The molecule has 5 aromatic carbocycles. The molecule has 0 aliphatic carbocycles. The van der Waals surface area contributed by atoms with E-state index in [0.717, 1.165) is 16.0 Å². The lowest BCUT2D eigenvalue weighted by molar-refractivity contribution is -0.232. The molecule has 1 heterocycles. The first kappa shape index (κ1) is 33.4. The Labute approximate surface area is 286 Å². The van der Waals surface area contributed by atoms with Crippen molar-refractivity contribution in [2.75, 3.05) is 0 Å². The van der Waals surface area contributed by atoms with Crippen molar-refractivity contribution in [3.05, 3.63) is 174 Å². The Balaban J connectivity index is 1.35. The van der Waals surface area contributed by atoms with Crippen LogP contribution in [0.3, 0.4) is 0 Å². The molecule has 0 spiro atoms. The van der Waals surface area contributed by atoms with E-state index in [0.29, 0.717) is 24.2 Å². The SMILES string of the molecule is O=C(CC[C@H]1O[C@H](Sc2ccccc2)[C@@H](OCc2ccccc2)[C@@H](OCc2ccccc2)[C@@H]1OC(=O)c1ccccc1)c1ccccc1. The molecule has 5 atom stereocenters. The largest absolute Gasteiger partial charge is 0.453 e. The fourth-order valence-electron chi connectivity index (χ4n) is 5.69. The van der Waals surface area contributed by atoms with Gasteiger partial charge in [-0.15, -0.1) is 0 Å². The number of carbonyl (C=O) groups excluding carboxylic acids is 2. The van der Waals surface area contributed by atoms with Gasteiger partial charge in [-0.2, -0.15) is 0 Å². The summed E-state index contributed by atoms with van der Waals surface area (Å²) >= 11 is 1.53.